The van der Waals surface area contributed by atoms with Crippen LogP contribution in [-0.2, 0) is 0 Å². The first-order chi connectivity index (χ1) is 4.74. The molecular weight excluding hydrogens is 132 g/mol. The van der Waals surface area contributed by atoms with Crippen LogP contribution >= 0.6 is 0 Å². The molecule has 10 heavy (non-hydrogen) atoms. The highest BCUT2D eigenvalue weighted by Crippen LogP contribution is 1.96. The summed E-state index contributed by atoms with van der Waals surface area (Å²) in [6.07, 6.45) is 3.13. The van der Waals surface area contributed by atoms with Crippen molar-refractivity contribution in [1.29, 1.82) is 0 Å². The van der Waals surface area contributed by atoms with Gasteiger partial charge in [0.15, 0.2) is 0 Å². The van der Waals surface area contributed by atoms with Crippen LogP contribution in [0.15, 0.2) is 18.5 Å². The molecule has 0 aromatic carbocycles. The molecule has 4 heteroatoms. The summed E-state index contributed by atoms with van der Waals surface area (Å²) in [7, 11) is 1.50. The largest absolute Gasteiger partial charge is 0.418 e. The van der Waals surface area contributed by atoms with Gasteiger partial charge in [0.25, 0.3) is 0 Å². The zero-order valence-electron chi connectivity index (χ0n) is 5.57. The fourth-order valence-corrected chi connectivity index (χ4v) is 0.636. The summed E-state index contributed by atoms with van der Waals surface area (Å²) in [5.74, 6) is -0.448. The van der Waals surface area contributed by atoms with Crippen molar-refractivity contribution in [3.8, 4) is 0 Å². The highest BCUT2D eigenvalue weighted by molar-refractivity contribution is 5.92. The smallest absolute Gasteiger partial charge is 0.250 e. The standard InChI is InChI=1S/C6H8N2O2/c1-10-8-3-2-5(4-8)6(7)9/h2-4H,1H3,(H2,7,9). The molecule has 0 spiro atoms. The van der Waals surface area contributed by atoms with Gasteiger partial charge in [-0.1, -0.05) is 0 Å². The van der Waals surface area contributed by atoms with Gasteiger partial charge >= 0.3 is 0 Å². The second-order valence-corrected chi connectivity index (χ2v) is 1.81. The molecule has 1 aromatic heterocycles. The first kappa shape index (κ1) is 6.67. The third kappa shape index (κ3) is 1.10. The molecule has 1 amide bonds. The summed E-state index contributed by atoms with van der Waals surface area (Å²) >= 11 is 0. The number of aromatic nitrogens is 1. The number of amides is 1. The van der Waals surface area contributed by atoms with E-state index in [-0.39, 0.29) is 0 Å². The van der Waals surface area contributed by atoms with Gasteiger partial charge in [0.2, 0.25) is 5.91 Å². The predicted molar refractivity (Wildman–Crippen MR) is 35.5 cm³/mol. The molecule has 54 valence electrons. The van der Waals surface area contributed by atoms with E-state index in [9.17, 15) is 4.79 Å². The molecule has 0 bridgehead atoms. The molecule has 0 aliphatic carbocycles. The Kier molecular flexibility index (Phi) is 1.62. The number of nitrogens with zero attached hydrogens (tertiary/aromatic N) is 1. The van der Waals surface area contributed by atoms with E-state index in [0.29, 0.717) is 5.56 Å². The van der Waals surface area contributed by atoms with Crippen molar-refractivity contribution < 1.29 is 9.63 Å². The van der Waals surface area contributed by atoms with Gasteiger partial charge in [-0.3, -0.25) is 4.79 Å². The first-order valence-electron chi connectivity index (χ1n) is 2.76. The molecule has 1 aromatic rings. The molecule has 0 fully saturated rings. The minimum atomic E-state index is -0.448. The average molecular weight is 140 g/mol. The van der Waals surface area contributed by atoms with E-state index in [0.717, 1.165) is 0 Å². The fraction of sp³-hybridized carbons (Fsp3) is 0.167. The molecular formula is C6H8N2O2. The van der Waals surface area contributed by atoms with Crippen molar-refractivity contribution in [1.82, 2.24) is 4.73 Å². The summed E-state index contributed by atoms with van der Waals surface area (Å²) in [6.45, 7) is 0. The second-order valence-electron chi connectivity index (χ2n) is 1.81. The van der Waals surface area contributed by atoms with Crippen molar-refractivity contribution in [2.75, 3.05) is 7.11 Å². The second kappa shape index (κ2) is 2.43. The minimum Gasteiger partial charge on any atom is -0.418 e. The van der Waals surface area contributed by atoms with Crippen LogP contribution < -0.4 is 10.6 Å². The van der Waals surface area contributed by atoms with Gasteiger partial charge in [-0.25, -0.2) is 0 Å². The van der Waals surface area contributed by atoms with Crippen LogP contribution in [0.4, 0.5) is 0 Å². The van der Waals surface area contributed by atoms with Gasteiger partial charge in [0, 0.05) is 6.20 Å². The molecule has 1 heterocycles. The van der Waals surface area contributed by atoms with Crippen LogP contribution in [0.25, 0.3) is 0 Å². The number of hydrogen-bond donors (Lipinski definition) is 1. The van der Waals surface area contributed by atoms with Gasteiger partial charge < -0.3 is 10.6 Å². The van der Waals surface area contributed by atoms with Gasteiger partial charge in [-0.15, -0.1) is 0 Å². The number of hydrogen-bond acceptors (Lipinski definition) is 2. The van der Waals surface area contributed by atoms with Crippen molar-refractivity contribution in [2.45, 2.75) is 0 Å². The van der Waals surface area contributed by atoms with Crippen LogP contribution in [0.3, 0.4) is 0 Å². The van der Waals surface area contributed by atoms with Crippen LogP contribution in [-0.4, -0.2) is 17.7 Å². The molecule has 0 unspecified atom stereocenters. The number of carbonyl (C=O) groups is 1. The SMILES string of the molecule is COn1ccc(C(N)=O)c1. The van der Waals surface area contributed by atoms with Gasteiger partial charge in [0.1, 0.15) is 7.11 Å². The summed E-state index contributed by atoms with van der Waals surface area (Å²) in [4.78, 5) is 15.2. The van der Waals surface area contributed by atoms with E-state index < -0.39 is 5.91 Å². The van der Waals surface area contributed by atoms with E-state index in [1.54, 1.807) is 12.3 Å². The highest BCUT2D eigenvalue weighted by atomic mass is 16.6. The van der Waals surface area contributed by atoms with Crippen molar-refractivity contribution in [2.24, 2.45) is 5.73 Å². The van der Waals surface area contributed by atoms with Gasteiger partial charge in [0.05, 0.1) is 11.8 Å². The van der Waals surface area contributed by atoms with E-state index in [4.69, 9.17) is 10.6 Å². The lowest BCUT2D eigenvalue weighted by atomic mass is 10.3. The molecule has 2 N–H and O–H groups in total. The molecule has 0 aliphatic rings. The number of carbonyl (C=O) groups excluding carboxylic acids is 1. The third-order valence-electron chi connectivity index (χ3n) is 1.16. The fourth-order valence-electron chi connectivity index (χ4n) is 0.636. The Labute approximate surface area is 58.1 Å². The summed E-state index contributed by atoms with van der Waals surface area (Å²) in [6, 6.07) is 1.59. The summed E-state index contributed by atoms with van der Waals surface area (Å²) < 4.78 is 1.40. The van der Waals surface area contributed by atoms with E-state index in [1.807, 2.05) is 0 Å². The molecule has 1 rings (SSSR count). The lowest BCUT2D eigenvalue weighted by Crippen LogP contribution is -2.10. The average Bonchev–Trinajstić information content (AvgIpc) is 2.34. The zero-order chi connectivity index (χ0) is 7.56. The first-order valence-corrected chi connectivity index (χ1v) is 2.76. The Morgan fingerprint density at radius 2 is 2.50 bits per heavy atom. The molecule has 0 atom stereocenters. The van der Waals surface area contributed by atoms with E-state index in [2.05, 4.69) is 0 Å². The van der Waals surface area contributed by atoms with Crippen molar-refractivity contribution in [3.05, 3.63) is 24.0 Å². The Bertz CT molecular complexity index is 242. The maximum absolute atomic E-state index is 10.5. The summed E-state index contributed by atoms with van der Waals surface area (Å²) in [5, 5.41) is 0. The Morgan fingerprint density at radius 3 is 2.80 bits per heavy atom. The number of nitrogens with two attached hydrogens (primary N) is 1. The molecule has 4 nitrogen and oxygen atoms in total. The van der Waals surface area contributed by atoms with E-state index >= 15 is 0 Å². The maximum atomic E-state index is 10.5. The van der Waals surface area contributed by atoms with Crippen LogP contribution in [0.2, 0.25) is 0 Å². The number of rotatable bonds is 2. The third-order valence-corrected chi connectivity index (χ3v) is 1.16. The van der Waals surface area contributed by atoms with Crippen molar-refractivity contribution >= 4 is 5.91 Å². The molecule has 0 aliphatic heterocycles. The lowest BCUT2D eigenvalue weighted by Gasteiger charge is -1.95. The predicted octanol–water partition coefficient (Wildman–Crippen LogP) is -0.355. The van der Waals surface area contributed by atoms with Gasteiger partial charge in [-0.2, -0.15) is 4.73 Å². The minimum absolute atomic E-state index is 0.446. The molecule has 0 saturated heterocycles. The normalized spacial score (nSPS) is 9.30. The quantitative estimate of drug-likeness (QED) is 0.610. The Morgan fingerprint density at radius 1 is 1.80 bits per heavy atom. The summed E-state index contributed by atoms with van der Waals surface area (Å²) in [5.41, 5.74) is 5.42. The Balaban J connectivity index is 2.88. The lowest BCUT2D eigenvalue weighted by molar-refractivity contribution is 0.0998. The van der Waals surface area contributed by atoms with Crippen LogP contribution in [0.5, 0.6) is 0 Å². The van der Waals surface area contributed by atoms with Crippen molar-refractivity contribution in [3.63, 3.8) is 0 Å². The topological polar surface area (TPSA) is 57.2 Å². The van der Waals surface area contributed by atoms with Crippen LogP contribution in [0.1, 0.15) is 10.4 Å². The van der Waals surface area contributed by atoms with Crippen LogP contribution in [0, 0.1) is 0 Å². The number of primary amides is 1. The molecule has 0 saturated carbocycles. The maximum Gasteiger partial charge on any atom is 0.250 e. The highest BCUT2D eigenvalue weighted by Gasteiger charge is 2.00. The zero-order valence-corrected chi connectivity index (χ0v) is 5.57. The molecule has 0 radical (unpaired) electrons. The monoisotopic (exact) mass is 140 g/mol. The van der Waals surface area contributed by atoms with E-state index in [1.165, 1.54) is 18.0 Å². The van der Waals surface area contributed by atoms with Gasteiger partial charge in [-0.05, 0) is 6.07 Å². The Hall–Kier alpha value is -1.45.